The summed E-state index contributed by atoms with van der Waals surface area (Å²) in [5.74, 6) is -1.12. The highest BCUT2D eigenvalue weighted by Gasteiger charge is 2.12. The Kier molecular flexibility index (Phi) is 4.02. The Hall–Kier alpha value is -2.38. The molecule has 0 saturated carbocycles. The van der Waals surface area contributed by atoms with Crippen molar-refractivity contribution in [2.45, 2.75) is 6.92 Å². The van der Waals surface area contributed by atoms with Gasteiger partial charge in [0.15, 0.2) is 0 Å². The predicted molar refractivity (Wildman–Crippen MR) is 75.3 cm³/mol. The molecular weight excluding hydrogens is 279 g/mol. The van der Waals surface area contributed by atoms with E-state index >= 15 is 0 Å². The van der Waals surface area contributed by atoms with Crippen LogP contribution in [0.3, 0.4) is 0 Å². The summed E-state index contributed by atoms with van der Waals surface area (Å²) in [5, 5.41) is 11.9. The second kappa shape index (κ2) is 5.72. The van der Waals surface area contributed by atoms with Gasteiger partial charge in [0.05, 0.1) is 5.69 Å². The van der Waals surface area contributed by atoms with Crippen molar-refractivity contribution in [2.24, 2.45) is 0 Å². The standard InChI is InChI=1S/C15H10ClFN2O/c1-9-5-6-10(7-12(9)16)15(20)19-14-4-2-3-13(17)11(14)8-18/h2-7H,1H3,(H,19,20). The van der Waals surface area contributed by atoms with Gasteiger partial charge in [-0.1, -0.05) is 23.7 Å². The first-order chi connectivity index (χ1) is 9.52. The topological polar surface area (TPSA) is 52.9 Å². The van der Waals surface area contributed by atoms with Crippen LogP contribution in [0.25, 0.3) is 0 Å². The summed E-state index contributed by atoms with van der Waals surface area (Å²) < 4.78 is 13.4. The lowest BCUT2D eigenvalue weighted by atomic mass is 10.1. The van der Waals surface area contributed by atoms with Gasteiger partial charge in [-0.2, -0.15) is 5.26 Å². The number of hydrogen-bond donors (Lipinski definition) is 1. The van der Waals surface area contributed by atoms with Gasteiger partial charge in [-0.3, -0.25) is 4.79 Å². The van der Waals surface area contributed by atoms with Gasteiger partial charge in [0.25, 0.3) is 5.91 Å². The SMILES string of the molecule is Cc1ccc(C(=O)Nc2cccc(F)c2C#N)cc1Cl. The van der Waals surface area contributed by atoms with E-state index in [0.29, 0.717) is 10.6 Å². The molecule has 100 valence electrons. The third-order valence-corrected chi connectivity index (χ3v) is 3.21. The van der Waals surface area contributed by atoms with E-state index in [-0.39, 0.29) is 11.3 Å². The lowest BCUT2D eigenvalue weighted by Gasteiger charge is -2.08. The molecule has 2 rings (SSSR count). The molecule has 0 atom stereocenters. The molecule has 0 aliphatic carbocycles. The Morgan fingerprint density at radius 2 is 2.10 bits per heavy atom. The first-order valence-electron chi connectivity index (χ1n) is 5.79. The number of nitrogens with zero attached hydrogens (tertiary/aromatic N) is 1. The van der Waals surface area contributed by atoms with Gasteiger partial charge in [-0.25, -0.2) is 4.39 Å². The van der Waals surface area contributed by atoms with Crippen molar-refractivity contribution in [3.8, 4) is 6.07 Å². The molecule has 1 N–H and O–H groups in total. The van der Waals surface area contributed by atoms with E-state index < -0.39 is 11.7 Å². The Morgan fingerprint density at radius 3 is 2.75 bits per heavy atom. The summed E-state index contributed by atoms with van der Waals surface area (Å²) >= 11 is 5.95. The molecule has 0 fully saturated rings. The minimum Gasteiger partial charge on any atom is -0.321 e. The van der Waals surface area contributed by atoms with E-state index in [1.807, 2.05) is 6.92 Å². The molecule has 0 heterocycles. The third kappa shape index (κ3) is 2.79. The van der Waals surface area contributed by atoms with E-state index in [9.17, 15) is 9.18 Å². The number of nitrogens with one attached hydrogen (secondary N) is 1. The van der Waals surface area contributed by atoms with Crippen LogP contribution < -0.4 is 5.32 Å². The second-order valence-electron chi connectivity index (χ2n) is 4.19. The second-order valence-corrected chi connectivity index (χ2v) is 4.60. The number of aryl methyl sites for hydroxylation is 1. The molecular formula is C15H10ClFN2O. The highest BCUT2D eigenvalue weighted by Crippen LogP contribution is 2.21. The molecule has 0 spiro atoms. The van der Waals surface area contributed by atoms with E-state index in [2.05, 4.69) is 5.32 Å². The lowest BCUT2D eigenvalue weighted by Crippen LogP contribution is -2.13. The van der Waals surface area contributed by atoms with E-state index in [1.165, 1.54) is 18.2 Å². The number of benzene rings is 2. The van der Waals surface area contributed by atoms with Crippen molar-refractivity contribution in [3.05, 3.63) is 63.9 Å². The maximum atomic E-state index is 13.4. The molecule has 2 aromatic rings. The van der Waals surface area contributed by atoms with Crippen LogP contribution in [-0.4, -0.2) is 5.91 Å². The van der Waals surface area contributed by atoms with Gasteiger partial charge < -0.3 is 5.32 Å². The van der Waals surface area contributed by atoms with Gasteiger partial charge in [0.1, 0.15) is 17.4 Å². The maximum Gasteiger partial charge on any atom is 0.255 e. The number of nitriles is 1. The summed E-state index contributed by atoms with van der Waals surface area (Å²) in [6.45, 7) is 1.82. The number of amides is 1. The Labute approximate surface area is 120 Å². The van der Waals surface area contributed by atoms with Crippen molar-refractivity contribution in [3.63, 3.8) is 0 Å². The molecule has 0 aliphatic rings. The van der Waals surface area contributed by atoms with Crippen molar-refractivity contribution in [2.75, 3.05) is 5.32 Å². The zero-order valence-electron chi connectivity index (χ0n) is 10.6. The lowest BCUT2D eigenvalue weighted by molar-refractivity contribution is 0.102. The first kappa shape index (κ1) is 14.0. The largest absolute Gasteiger partial charge is 0.321 e. The summed E-state index contributed by atoms with van der Waals surface area (Å²) in [5.41, 5.74) is 1.13. The average Bonchev–Trinajstić information content (AvgIpc) is 2.42. The van der Waals surface area contributed by atoms with Crippen LogP contribution in [0.5, 0.6) is 0 Å². The maximum absolute atomic E-state index is 13.4. The molecule has 0 bridgehead atoms. The molecule has 0 aliphatic heterocycles. The smallest absolute Gasteiger partial charge is 0.255 e. The van der Waals surface area contributed by atoms with Crippen molar-refractivity contribution in [1.29, 1.82) is 5.26 Å². The Bertz CT molecular complexity index is 722. The molecule has 0 saturated heterocycles. The zero-order valence-corrected chi connectivity index (χ0v) is 11.3. The molecule has 0 radical (unpaired) electrons. The van der Waals surface area contributed by atoms with Crippen molar-refractivity contribution >= 4 is 23.2 Å². The number of carbonyl (C=O) groups excluding carboxylic acids is 1. The highest BCUT2D eigenvalue weighted by molar-refractivity contribution is 6.31. The molecule has 2 aromatic carbocycles. The predicted octanol–water partition coefficient (Wildman–Crippen LogP) is 3.91. The van der Waals surface area contributed by atoms with Crippen LogP contribution in [0, 0.1) is 24.1 Å². The summed E-state index contributed by atoms with van der Waals surface area (Å²) in [7, 11) is 0. The van der Waals surface area contributed by atoms with Crippen LogP contribution in [0.2, 0.25) is 5.02 Å². The monoisotopic (exact) mass is 288 g/mol. The third-order valence-electron chi connectivity index (χ3n) is 2.81. The first-order valence-corrected chi connectivity index (χ1v) is 6.17. The quantitative estimate of drug-likeness (QED) is 0.911. The fraction of sp³-hybridized carbons (Fsp3) is 0.0667. The summed E-state index contributed by atoms with van der Waals surface area (Å²) in [6.07, 6.45) is 0. The summed E-state index contributed by atoms with van der Waals surface area (Å²) in [6, 6.07) is 10.6. The fourth-order valence-corrected chi connectivity index (χ4v) is 1.85. The minimum absolute atomic E-state index is 0.134. The van der Waals surface area contributed by atoms with Crippen LogP contribution in [-0.2, 0) is 0 Å². The molecule has 0 unspecified atom stereocenters. The van der Waals surface area contributed by atoms with Gasteiger partial charge >= 0.3 is 0 Å². The molecule has 3 nitrogen and oxygen atoms in total. The Morgan fingerprint density at radius 1 is 1.35 bits per heavy atom. The molecule has 5 heteroatoms. The average molecular weight is 289 g/mol. The van der Waals surface area contributed by atoms with Crippen LogP contribution >= 0.6 is 11.6 Å². The number of carbonyl (C=O) groups is 1. The number of halogens is 2. The van der Waals surface area contributed by atoms with Crippen LogP contribution in [0.4, 0.5) is 10.1 Å². The van der Waals surface area contributed by atoms with Gasteiger partial charge in [-0.15, -0.1) is 0 Å². The van der Waals surface area contributed by atoms with E-state index in [0.717, 1.165) is 11.6 Å². The molecule has 1 amide bonds. The fourth-order valence-electron chi connectivity index (χ4n) is 1.67. The van der Waals surface area contributed by atoms with Gasteiger partial charge in [-0.05, 0) is 36.8 Å². The normalized spacial score (nSPS) is 9.90. The van der Waals surface area contributed by atoms with Crippen molar-refractivity contribution < 1.29 is 9.18 Å². The minimum atomic E-state index is -0.674. The molecule has 20 heavy (non-hydrogen) atoms. The van der Waals surface area contributed by atoms with E-state index in [1.54, 1.807) is 18.2 Å². The van der Waals surface area contributed by atoms with Gasteiger partial charge in [0.2, 0.25) is 0 Å². The number of anilines is 1. The number of hydrogen-bond acceptors (Lipinski definition) is 2. The van der Waals surface area contributed by atoms with E-state index in [4.69, 9.17) is 16.9 Å². The Balaban J connectivity index is 2.31. The highest BCUT2D eigenvalue weighted by atomic mass is 35.5. The number of rotatable bonds is 2. The zero-order chi connectivity index (χ0) is 14.7. The van der Waals surface area contributed by atoms with Crippen LogP contribution in [0.1, 0.15) is 21.5 Å². The van der Waals surface area contributed by atoms with Gasteiger partial charge in [0, 0.05) is 10.6 Å². The molecule has 0 aromatic heterocycles. The van der Waals surface area contributed by atoms with Crippen LogP contribution in [0.15, 0.2) is 36.4 Å². The van der Waals surface area contributed by atoms with Crippen molar-refractivity contribution in [1.82, 2.24) is 0 Å². The summed E-state index contributed by atoms with van der Waals surface area (Å²) in [4.78, 5) is 12.1.